The van der Waals surface area contributed by atoms with Gasteiger partial charge in [-0.25, -0.2) is 15.0 Å². The van der Waals surface area contributed by atoms with Gasteiger partial charge in [0.1, 0.15) is 17.1 Å². The summed E-state index contributed by atoms with van der Waals surface area (Å²) in [6.45, 7) is 2.44. The monoisotopic (exact) mass is 369 g/mol. The number of nitrogens with one attached hydrogen (secondary N) is 1. The molecule has 138 valence electrons. The van der Waals surface area contributed by atoms with Crippen LogP contribution in [0.5, 0.6) is 0 Å². The summed E-state index contributed by atoms with van der Waals surface area (Å²) in [4.78, 5) is 12.7. The molecule has 9 nitrogen and oxygen atoms in total. The number of fused-ring (bicyclic) bond motifs is 1. The van der Waals surface area contributed by atoms with Gasteiger partial charge in [-0.05, 0) is 25.7 Å². The lowest BCUT2D eigenvalue weighted by atomic mass is 9.92. The summed E-state index contributed by atoms with van der Waals surface area (Å²) in [6, 6.07) is -0.145. The van der Waals surface area contributed by atoms with Gasteiger partial charge in [0.2, 0.25) is 0 Å². The molecule has 2 aromatic heterocycles. The summed E-state index contributed by atoms with van der Waals surface area (Å²) >= 11 is 0. The topological polar surface area (TPSA) is 119 Å². The number of hydrogen-bond acceptors (Lipinski definition) is 7. The zero-order valence-electron chi connectivity index (χ0n) is 14.3. The smallest absolute Gasteiger partial charge is 0.270 e. The van der Waals surface area contributed by atoms with Crippen LogP contribution in [-0.2, 0) is 21.9 Å². The predicted octanol–water partition coefficient (Wildman–Crippen LogP) is 1.38. The quantitative estimate of drug-likeness (QED) is 0.733. The van der Waals surface area contributed by atoms with Gasteiger partial charge in [-0.3, -0.25) is 4.55 Å². The first-order valence-electron chi connectivity index (χ1n) is 8.36. The van der Waals surface area contributed by atoms with Crippen molar-refractivity contribution in [3.63, 3.8) is 0 Å². The van der Waals surface area contributed by atoms with Gasteiger partial charge in [0, 0.05) is 19.7 Å². The van der Waals surface area contributed by atoms with E-state index < -0.39 is 21.5 Å². The van der Waals surface area contributed by atoms with E-state index in [0.717, 1.165) is 12.8 Å². The first-order chi connectivity index (χ1) is 11.9. The molecule has 1 aliphatic carbocycles. The highest BCUT2D eigenvalue weighted by molar-refractivity contribution is 7.86. The average molecular weight is 369 g/mol. The minimum atomic E-state index is -4.19. The fraction of sp³-hybridized carbons (Fsp3) is 0.667. The van der Waals surface area contributed by atoms with Crippen molar-refractivity contribution in [3.05, 3.63) is 12.7 Å². The van der Waals surface area contributed by atoms with Gasteiger partial charge in [-0.15, -0.1) is 0 Å². The van der Waals surface area contributed by atoms with Gasteiger partial charge < -0.3 is 14.6 Å². The Morgan fingerprint density at radius 1 is 1.36 bits per heavy atom. The highest BCUT2D eigenvalue weighted by Crippen LogP contribution is 2.29. The van der Waals surface area contributed by atoms with E-state index in [1.165, 1.54) is 6.33 Å². The van der Waals surface area contributed by atoms with Crippen molar-refractivity contribution in [2.45, 2.75) is 50.0 Å². The second-order valence-corrected chi connectivity index (χ2v) is 8.00. The average Bonchev–Trinajstić information content (AvgIpc) is 2.95. The van der Waals surface area contributed by atoms with Crippen LogP contribution in [-0.4, -0.2) is 56.5 Å². The van der Waals surface area contributed by atoms with Gasteiger partial charge in [0.25, 0.3) is 10.1 Å². The van der Waals surface area contributed by atoms with E-state index in [9.17, 15) is 13.0 Å². The van der Waals surface area contributed by atoms with Crippen molar-refractivity contribution in [2.75, 3.05) is 11.9 Å². The minimum absolute atomic E-state index is 0.145. The standard InChI is InChI=1S/C15H23N5O4S/c1-3-6-24-11-5-4-10(7-12(11)25(21,22)23)19-14-13-15(17-8-16-14)20(2)9-18-13/h8-12H,3-7H2,1-2H3,(H,16,17,19)(H,21,22,23). The van der Waals surface area contributed by atoms with Gasteiger partial charge >= 0.3 is 0 Å². The molecule has 1 saturated carbocycles. The zero-order valence-corrected chi connectivity index (χ0v) is 15.1. The number of imidazole rings is 1. The lowest BCUT2D eigenvalue weighted by Crippen LogP contribution is -2.45. The highest BCUT2D eigenvalue weighted by Gasteiger charge is 2.39. The van der Waals surface area contributed by atoms with E-state index in [1.807, 2.05) is 14.0 Å². The van der Waals surface area contributed by atoms with Crippen LogP contribution in [0.4, 0.5) is 5.82 Å². The number of nitrogens with zero attached hydrogens (tertiary/aromatic N) is 4. The Balaban J connectivity index is 1.77. The molecule has 2 N–H and O–H groups in total. The second-order valence-electron chi connectivity index (χ2n) is 6.37. The fourth-order valence-corrected chi connectivity index (χ4v) is 4.32. The van der Waals surface area contributed by atoms with Gasteiger partial charge in [-0.1, -0.05) is 6.92 Å². The first-order valence-corrected chi connectivity index (χ1v) is 9.87. The first kappa shape index (κ1) is 18.0. The Labute approximate surface area is 146 Å². The summed E-state index contributed by atoms with van der Waals surface area (Å²) in [6.07, 6.45) is 4.95. The molecule has 3 atom stereocenters. The number of hydrogen-bond donors (Lipinski definition) is 2. The van der Waals surface area contributed by atoms with Gasteiger partial charge in [0.05, 0.1) is 12.4 Å². The van der Waals surface area contributed by atoms with Crippen molar-refractivity contribution in [1.82, 2.24) is 19.5 Å². The van der Waals surface area contributed by atoms with Crippen molar-refractivity contribution < 1.29 is 17.7 Å². The molecule has 2 aromatic rings. The number of ether oxygens (including phenoxy) is 1. The van der Waals surface area contributed by atoms with Gasteiger partial charge in [-0.2, -0.15) is 8.42 Å². The molecule has 10 heteroatoms. The molecule has 3 rings (SSSR count). The Kier molecular flexibility index (Phi) is 5.21. The predicted molar refractivity (Wildman–Crippen MR) is 92.9 cm³/mol. The van der Waals surface area contributed by atoms with E-state index in [-0.39, 0.29) is 12.5 Å². The lowest BCUT2D eigenvalue weighted by molar-refractivity contribution is 0.0279. The molecule has 0 radical (unpaired) electrons. The SMILES string of the molecule is CCCOC1CCC(Nc2ncnc3c2ncn3C)CC1S(=O)(=O)O. The zero-order chi connectivity index (χ0) is 18.0. The second kappa shape index (κ2) is 7.22. The Hall–Kier alpha value is -1.78. The summed E-state index contributed by atoms with van der Waals surface area (Å²) < 4.78 is 40.6. The number of anilines is 1. The van der Waals surface area contributed by atoms with E-state index in [4.69, 9.17) is 4.74 Å². The van der Waals surface area contributed by atoms with E-state index in [0.29, 0.717) is 30.0 Å². The maximum atomic E-state index is 11.8. The van der Waals surface area contributed by atoms with Crippen LogP contribution in [0.1, 0.15) is 32.6 Å². The molecule has 0 bridgehead atoms. The lowest BCUT2D eigenvalue weighted by Gasteiger charge is -2.34. The minimum Gasteiger partial charge on any atom is -0.377 e. The van der Waals surface area contributed by atoms with E-state index in [1.54, 1.807) is 10.9 Å². The van der Waals surface area contributed by atoms with Crippen LogP contribution in [0.2, 0.25) is 0 Å². The maximum absolute atomic E-state index is 11.8. The molecule has 1 aliphatic rings. The number of rotatable bonds is 6. The van der Waals surface area contributed by atoms with Crippen LogP contribution < -0.4 is 5.32 Å². The largest absolute Gasteiger partial charge is 0.377 e. The molecule has 0 amide bonds. The molecular formula is C15H23N5O4S. The van der Waals surface area contributed by atoms with Crippen LogP contribution in [0, 0.1) is 0 Å². The van der Waals surface area contributed by atoms with Crippen molar-refractivity contribution in [3.8, 4) is 0 Å². The molecule has 0 aliphatic heterocycles. The number of aromatic nitrogens is 4. The van der Waals surface area contributed by atoms with Crippen LogP contribution in [0.3, 0.4) is 0 Å². The Morgan fingerprint density at radius 3 is 2.88 bits per heavy atom. The maximum Gasteiger partial charge on any atom is 0.270 e. The highest BCUT2D eigenvalue weighted by atomic mass is 32.2. The van der Waals surface area contributed by atoms with Crippen molar-refractivity contribution in [2.24, 2.45) is 7.05 Å². The third-order valence-electron chi connectivity index (χ3n) is 4.49. The third-order valence-corrected chi connectivity index (χ3v) is 5.75. The van der Waals surface area contributed by atoms with Crippen molar-refractivity contribution >= 4 is 27.1 Å². The molecule has 2 heterocycles. The summed E-state index contributed by atoms with van der Waals surface area (Å²) in [5.41, 5.74) is 1.33. The normalized spacial score (nSPS) is 24.5. The molecule has 1 fully saturated rings. The fourth-order valence-electron chi connectivity index (χ4n) is 3.25. The van der Waals surface area contributed by atoms with Crippen molar-refractivity contribution in [1.29, 1.82) is 0 Å². The van der Waals surface area contributed by atoms with Crippen LogP contribution in [0.25, 0.3) is 11.2 Å². The Bertz CT molecular complexity index is 838. The van der Waals surface area contributed by atoms with E-state index in [2.05, 4.69) is 20.3 Å². The van der Waals surface area contributed by atoms with E-state index >= 15 is 0 Å². The van der Waals surface area contributed by atoms with Gasteiger partial charge in [0.15, 0.2) is 11.5 Å². The summed E-state index contributed by atoms with van der Waals surface area (Å²) in [7, 11) is -2.34. The molecule has 3 unspecified atom stereocenters. The number of aryl methyl sites for hydroxylation is 1. The Morgan fingerprint density at radius 2 is 2.16 bits per heavy atom. The molecule has 0 spiro atoms. The third kappa shape index (κ3) is 3.91. The molecular weight excluding hydrogens is 346 g/mol. The molecule has 0 saturated heterocycles. The van der Waals surface area contributed by atoms with Crippen LogP contribution >= 0.6 is 0 Å². The molecule has 25 heavy (non-hydrogen) atoms. The van der Waals surface area contributed by atoms with Crippen LogP contribution in [0.15, 0.2) is 12.7 Å². The summed E-state index contributed by atoms with van der Waals surface area (Å²) in [5, 5.41) is 2.32. The summed E-state index contributed by atoms with van der Waals surface area (Å²) in [5.74, 6) is 0.567. The molecule has 0 aromatic carbocycles.